The van der Waals surface area contributed by atoms with Gasteiger partial charge in [-0.25, -0.2) is 0 Å². The zero-order valence-electron chi connectivity index (χ0n) is 16.1. The van der Waals surface area contributed by atoms with Gasteiger partial charge in [-0.3, -0.25) is 9.59 Å². The van der Waals surface area contributed by atoms with Crippen LogP contribution in [0.15, 0.2) is 22.8 Å². The molecule has 6 nitrogen and oxygen atoms in total. The third-order valence-electron chi connectivity index (χ3n) is 5.36. The maximum atomic E-state index is 12.7. The average molecular weight is 373 g/mol. The first-order chi connectivity index (χ1) is 12.8. The molecular weight excluding hydrogens is 346 g/mol. The van der Waals surface area contributed by atoms with Gasteiger partial charge in [0.15, 0.2) is 0 Å². The van der Waals surface area contributed by atoms with Crippen molar-refractivity contribution >= 4 is 22.8 Å². The van der Waals surface area contributed by atoms with Gasteiger partial charge in [0.2, 0.25) is 5.91 Å². The Balaban J connectivity index is 1.80. The molecule has 1 aliphatic rings. The second-order valence-electron chi connectivity index (χ2n) is 7.81. The molecular formula is C21H27NO5. The van der Waals surface area contributed by atoms with Gasteiger partial charge in [0.1, 0.15) is 5.58 Å². The molecule has 2 aromatic rings. The molecule has 0 unspecified atom stereocenters. The number of hydrogen-bond donors (Lipinski definition) is 2. The number of furan rings is 1. The predicted octanol–water partition coefficient (Wildman–Crippen LogP) is 3.55. The van der Waals surface area contributed by atoms with Gasteiger partial charge < -0.3 is 19.6 Å². The van der Waals surface area contributed by atoms with Crippen LogP contribution in [0, 0.1) is 6.92 Å². The molecule has 1 aromatic heterocycles. The number of carboxylic acid groups (broad SMARTS) is 1. The first-order valence-corrected chi connectivity index (χ1v) is 9.41. The normalized spacial score (nSPS) is 16.6. The van der Waals surface area contributed by atoms with E-state index < -0.39 is 11.5 Å². The molecule has 6 heteroatoms. The van der Waals surface area contributed by atoms with E-state index in [4.69, 9.17) is 9.15 Å². The zero-order valence-corrected chi connectivity index (χ0v) is 16.1. The lowest BCUT2D eigenvalue weighted by atomic mass is 9.86. The van der Waals surface area contributed by atoms with Gasteiger partial charge in [-0.05, 0) is 48.9 Å². The lowest BCUT2D eigenvalue weighted by Crippen LogP contribution is -2.53. The van der Waals surface area contributed by atoms with Crippen LogP contribution in [-0.4, -0.2) is 35.7 Å². The number of carbonyl (C=O) groups excluding carboxylic acids is 1. The molecule has 1 aliphatic heterocycles. The minimum Gasteiger partial charge on any atom is -0.481 e. The van der Waals surface area contributed by atoms with E-state index in [1.165, 1.54) is 11.1 Å². The van der Waals surface area contributed by atoms with Crippen LogP contribution in [0.1, 0.15) is 55.7 Å². The molecule has 146 valence electrons. The summed E-state index contributed by atoms with van der Waals surface area (Å²) in [6.07, 6.45) is 2.71. The Kier molecular flexibility index (Phi) is 5.56. The number of benzene rings is 1. The molecule has 2 N–H and O–H groups in total. The van der Waals surface area contributed by atoms with Crippen molar-refractivity contribution in [2.24, 2.45) is 0 Å². The Labute approximate surface area is 158 Å². The van der Waals surface area contributed by atoms with E-state index in [1.807, 2.05) is 6.07 Å². The van der Waals surface area contributed by atoms with Crippen molar-refractivity contribution < 1.29 is 23.8 Å². The van der Waals surface area contributed by atoms with Crippen LogP contribution < -0.4 is 5.32 Å². The number of carbonyl (C=O) groups is 2. The van der Waals surface area contributed by atoms with Gasteiger partial charge in [0, 0.05) is 24.2 Å². The van der Waals surface area contributed by atoms with Gasteiger partial charge >= 0.3 is 5.97 Å². The summed E-state index contributed by atoms with van der Waals surface area (Å²) in [4.78, 5) is 24.0. The first-order valence-electron chi connectivity index (χ1n) is 9.41. The lowest BCUT2D eigenvalue weighted by Gasteiger charge is -2.36. The fourth-order valence-electron chi connectivity index (χ4n) is 3.91. The van der Waals surface area contributed by atoms with Crippen molar-refractivity contribution in [3.8, 4) is 0 Å². The van der Waals surface area contributed by atoms with Gasteiger partial charge in [0.05, 0.1) is 24.6 Å². The fourth-order valence-corrected chi connectivity index (χ4v) is 3.91. The summed E-state index contributed by atoms with van der Waals surface area (Å²) in [5, 5.41) is 13.2. The molecule has 1 aromatic carbocycles. The molecule has 0 atom stereocenters. The molecule has 0 aliphatic carbocycles. The highest BCUT2D eigenvalue weighted by molar-refractivity contribution is 5.89. The number of hydrogen-bond acceptors (Lipinski definition) is 4. The molecule has 3 rings (SSSR count). The minimum absolute atomic E-state index is 0.0923. The second kappa shape index (κ2) is 7.72. The number of aliphatic carboxylic acids is 1. The topological polar surface area (TPSA) is 88.8 Å². The van der Waals surface area contributed by atoms with Crippen LogP contribution in [0.5, 0.6) is 0 Å². The fraction of sp³-hybridized carbons (Fsp3) is 0.524. The molecule has 0 bridgehead atoms. The Bertz CT molecular complexity index is 846. The van der Waals surface area contributed by atoms with Crippen molar-refractivity contribution in [1.82, 2.24) is 5.32 Å². The van der Waals surface area contributed by atoms with Crippen molar-refractivity contribution in [2.75, 3.05) is 13.2 Å². The molecule has 1 fully saturated rings. The van der Waals surface area contributed by atoms with Crippen molar-refractivity contribution in [1.29, 1.82) is 0 Å². The largest absolute Gasteiger partial charge is 0.481 e. The molecule has 0 radical (unpaired) electrons. The average Bonchev–Trinajstić information content (AvgIpc) is 2.95. The van der Waals surface area contributed by atoms with E-state index in [9.17, 15) is 14.7 Å². The van der Waals surface area contributed by atoms with E-state index in [2.05, 4.69) is 32.2 Å². The van der Waals surface area contributed by atoms with Crippen LogP contribution >= 0.6 is 0 Å². The van der Waals surface area contributed by atoms with E-state index in [-0.39, 0.29) is 18.7 Å². The Morgan fingerprint density at radius 2 is 1.96 bits per heavy atom. The molecule has 0 spiro atoms. The molecule has 1 saturated heterocycles. The summed E-state index contributed by atoms with van der Waals surface area (Å²) in [5.74, 6) is -0.720. The second-order valence-corrected chi connectivity index (χ2v) is 7.81. The summed E-state index contributed by atoms with van der Waals surface area (Å²) in [7, 11) is 0. The van der Waals surface area contributed by atoms with Gasteiger partial charge in [0.25, 0.3) is 0 Å². The molecule has 2 heterocycles. The first kappa shape index (κ1) is 19.4. The smallest absolute Gasteiger partial charge is 0.305 e. The van der Waals surface area contributed by atoms with E-state index in [0.29, 0.717) is 32.0 Å². The van der Waals surface area contributed by atoms with Crippen LogP contribution in [0.4, 0.5) is 0 Å². The Hall–Kier alpha value is -2.34. The summed E-state index contributed by atoms with van der Waals surface area (Å²) < 4.78 is 11.0. The Morgan fingerprint density at radius 1 is 1.26 bits per heavy atom. The van der Waals surface area contributed by atoms with Crippen LogP contribution in [0.25, 0.3) is 11.0 Å². The van der Waals surface area contributed by atoms with Gasteiger partial charge in [-0.1, -0.05) is 13.8 Å². The number of fused-ring (bicyclic) bond motifs is 1. The number of amides is 1. The standard InChI is InChI=1S/C21H27NO5/c1-13(2)16-10-17-15(12-27-18(17)8-14(16)3)9-19(23)22-21(11-20(24)25)4-6-26-7-5-21/h8,10,12-13H,4-7,9,11H2,1-3H3,(H,22,23)(H,24,25). The minimum atomic E-state index is -0.914. The number of nitrogens with one attached hydrogen (secondary N) is 1. The highest BCUT2D eigenvalue weighted by atomic mass is 16.5. The van der Waals surface area contributed by atoms with E-state index >= 15 is 0 Å². The maximum absolute atomic E-state index is 12.7. The zero-order chi connectivity index (χ0) is 19.6. The van der Waals surface area contributed by atoms with Gasteiger partial charge in [-0.2, -0.15) is 0 Å². The molecule has 0 saturated carbocycles. The van der Waals surface area contributed by atoms with Gasteiger partial charge in [-0.15, -0.1) is 0 Å². The summed E-state index contributed by atoms with van der Waals surface area (Å²) in [6.45, 7) is 7.26. The summed E-state index contributed by atoms with van der Waals surface area (Å²) in [5.41, 5.74) is 3.26. The number of carboxylic acids is 1. The van der Waals surface area contributed by atoms with E-state index in [0.717, 1.165) is 16.5 Å². The van der Waals surface area contributed by atoms with Crippen molar-refractivity contribution in [3.05, 3.63) is 35.1 Å². The predicted molar refractivity (Wildman–Crippen MR) is 102 cm³/mol. The maximum Gasteiger partial charge on any atom is 0.305 e. The highest BCUT2D eigenvalue weighted by Crippen LogP contribution is 2.30. The number of aryl methyl sites for hydroxylation is 1. The highest BCUT2D eigenvalue weighted by Gasteiger charge is 2.36. The molecule has 1 amide bonds. The quantitative estimate of drug-likeness (QED) is 0.808. The van der Waals surface area contributed by atoms with Crippen molar-refractivity contribution in [2.45, 2.75) is 57.9 Å². The third-order valence-corrected chi connectivity index (χ3v) is 5.36. The summed E-state index contributed by atoms with van der Waals surface area (Å²) in [6, 6.07) is 4.11. The van der Waals surface area contributed by atoms with Crippen LogP contribution in [-0.2, 0) is 20.7 Å². The van der Waals surface area contributed by atoms with Crippen LogP contribution in [0.2, 0.25) is 0 Å². The third kappa shape index (κ3) is 4.33. The van der Waals surface area contributed by atoms with E-state index in [1.54, 1.807) is 6.26 Å². The lowest BCUT2D eigenvalue weighted by molar-refractivity contribution is -0.140. The molecule has 27 heavy (non-hydrogen) atoms. The Morgan fingerprint density at radius 3 is 2.59 bits per heavy atom. The number of ether oxygens (including phenoxy) is 1. The van der Waals surface area contributed by atoms with Crippen molar-refractivity contribution in [3.63, 3.8) is 0 Å². The van der Waals surface area contributed by atoms with Crippen LogP contribution in [0.3, 0.4) is 0 Å². The monoisotopic (exact) mass is 373 g/mol. The summed E-state index contributed by atoms with van der Waals surface area (Å²) >= 11 is 0. The SMILES string of the molecule is Cc1cc2occ(CC(=O)NC3(CC(=O)O)CCOCC3)c2cc1C(C)C. The number of rotatable bonds is 6.